The Bertz CT molecular complexity index is 418. The van der Waals surface area contributed by atoms with E-state index in [2.05, 4.69) is 29.0 Å². The molecule has 1 N–H and O–H groups in total. The number of rotatable bonds is 5. The van der Waals surface area contributed by atoms with E-state index in [9.17, 15) is 4.79 Å². The molecule has 0 aliphatic heterocycles. The number of nitrogens with one attached hydrogen (secondary N) is 1. The fraction of sp³-hybridized carbons (Fsp3) is 0.538. The van der Waals surface area contributed by atoms with Gasteiger partial charge in [-0.25, -0.2) is 4.98 Å². The Labute approximate surface area is 113 Å². The lowest BCUT2D eigenvalue weighted by molar-refractivity contribution is 0.0929. The first kappa shape index (κ1) is 14.9. The van der Waals surface area contributed by atoms with Gasteiger partial charge in [-0.2, -0.15) is 0 Å². The topological polar surface area (TPSA) is 45.2 Å². The zero-order valence-electron chi connectivity index (χ0n) is 11.3. The van der Waals surface area contributed by atoms with Crippen LogP contribution in [-0.2, 0) is 0 Å². The number of amides is 1. The molecule has 4 nitrogen and oxygen atoms in total. The molecule has 0 bridgehead atoms. The molecule has 1 rings (SSSR count). The lowest BCUT2D eigenvalue weighted by Gasteiger charge is -2.28. The lowest BCUT2D eigenvalue weighted by Crippen LogP contribution is -2.40. The van der Waals surface area contributed by atoms with Crippen molar-refractivity contribution in [1.82, 2.24) is 15.2 Å². The van der Waals surface area contributed by atoms with E-state index < -0.39 is 0 Å². The monoisotopic (exact) mass is 269 g/mol. The summed E-state index contributed by atoms with van der Waals surface area (Å²) in [6.45, 7) is 5.71. The molecule has 0 aromatic carbocycles. The van der Waals surface area contributed by atoms with E-state index in [1.807, 2.05) is 14.1 Å². The molecule has 5 heteroatoms. The summed E-state index contributed by atoms with van der Waals surface area (Å²) in [6, 6.07) is 3.37. The molecule has 1 aromatic heterocycles. The van der Waals surface area contributed by atoms with Crippen molar-refractivity contribution in [2.75, 3.05) is 27.2 Å². The van der Waals surface area contributed by atoms with Crippen LogP contribution in [-0.4, -0.2) is 43.0 Å². The smallest absolute Gasteiger partial charge is 0.254 e. The van der Waals surface area contributed by atoms with Crippen molar-refractivity contribution >= 4 is 17.5 Å². The first-order valence-corrected chi connectivity index (χ1v) is 6.23. The predicted molar refractivity (Wildman–Crippen MR) is 73.9 cm³/mol. The minimum atomic E-state index is -0.181. The molecule has 1 amide bonds. The van der Waals surface area contributed by atoms with E-state index in [0.717, 1.165) is 6.54 Å². The van der Waals surface area contributed by atoms with Crippen molar-refractivity contribution in [3.8, 4) is 0 Å². The maximum atomic E-state index is 11.9. The fourth-order valence-corrected chi connectivity index (χ4v) is 2.09. The first-order chi connectivity index (χ1) is 8.32. The van der Waals surface area contributed by atoms with E-state index >= 15 is 0 Å². The molecule has 1 aromatic rings. The fourth-order valence-electron chi connectivity index (χ4n) is 1.88. The molecule has 0 aliphatic rings. The minimum Gasteiger partial charge on any atom is -0.351 e. The standard InChI is InChI=1S/C13H20ClN3O/c1-13(2,9-17(3)4)8-16-12(18)10-6-5-7-15-11(10)14/h5-7H,8-9H2,1-4H3,(H,16,18). The second-order valence-corrected chi connectivity index (χ2v) is 5.78. The number of halogens is 1. The number of carbonyl (C=O) groups excluding carboxylic acids is 1. The molecule has 0 spiro atoms. The minimum absolute atomic E-state index is 0.00778. The highest BCUT2D eigenvalue weighted by Crippen LogP contribution is 2.16. The van der Waals surface area contributed by atoms with Crippen LogP contribution in [0.5, 0.6) is 0 Å². The van der Waals surface area contributed by atoms with Gasteiger partial charge in [-0.1, -0.05) is 25.4 Å². The summed E-state index contributed by atoms with van der Waals surface area (Å²) < 4.78 is 0. The van der Waals surface area contributed by atoms with Crippen molar-refractivity contribution < 1.29 is 4.79 Å². The zero-order chi connectivity index (χ0) is 13.8. The molecule has 0 atom stereocenters. The largest absolute Gasteiger partial charge is 0.351 e. The third-order valence-corrected chi connectivity index (χ3v) is 2.78. The van der Waals surface area contributed by atoms with Crippen molar-refractivity contribution in [2.24, 2.45) is 5.41 Å². The van der Waals surface area contributed by atoms with Crippen LogP contribution in [0.1, 0.15) is 24.2 Å². The van der Waals surface area contributed by atoms with Gasteiger partial charge < -0.3 is 10.2 Å². The van der Waals surface area contributed by atoms with E-state index in [4.69, 9.17) is 11.6 Å². The third-order valence-electron chi connectivity index (χ3n) is 2.48. The number of hydrogen-bond donors (Lipinski definition) is 1. The lowest BCUT2D eigenvalue weighted by atomic mass is 9.93. The van der Waals surface area contributed by atoms with Gasteiger partial charge in [-0.3, -0.25) is 4.79 Å². The van der Waals surface area contributed by atoms with E-state index in [-0.39, 0.29) is 16.5 Å². The van der Waals surface area contributed by atoms with Crippen LogP contribution >= 0.6 is 11.6 Å². The Balaban J connectivity index is 2.59. The normalized spacial score (nSPS) is 11.7. The van der Waals surface area contributed by atoms with Gasteiger partial charge in [0.1, 0.15) is 5.15 Å². The summed E-state index contributed by atoms with van der Waals surface area (Å²) in [5.41, 5.74) is 0.424. The van der Waals surface area contributed by atoms with Crippen LogP contribution in [0.3, 0.4) is 0 Å². The predicted octanol–water partition coefficient (Wildman–Crippen LogP) is 2.05. The highest BCUT2D eigenvalue weighted by Gasteiger charge is 2.20. The summed E-state index contributed by atoms with van der Waals surface area (Å²) in [5, 5.41) is 3.13. The van der Waals surface area contributed by atoms with Gasteiger partial charge in [0.2, 0.25) is 0 Å². The van der Waals surface area contributed by atoms with Crippen molar-refractivity contribution in [1.29, 1.82) is 0 Å². The summed E-state index contributed by atoms with van der Waals surface area (Å²) in [4.78, 5) is 17.9. The molecule has 1 heterocycles. The summed E-state index contributed by atoms with van der Waals surface area (Å²) in [7, 11) is 4.03. The zero-order valence-corrected chi connectivity index (χ0v) is 12.1. The van der Waals surface area contributed by atoms with Gasteiger partial charge in [0, 0.05) is 19.3 Å². The maximum Gasteiger partial charge on any atom is 0.254 e. The molecule has 0 radical (unpaired) electrons. The number of nitrogens with zero attached hydrogens (tertiary/aromatic N) is 2. The third kappa shape index (κ3) is 4.63. The van der Waals surface area contributed by atoms with Crippen LogP contribution < -0.4 is 5.32 Å². The summed E-state index contributed by atoms with van der Waals surface area (Å²) >= 11 is 5.87. The average Bonchev–Trinajstić information content (AvgIpc) is 2.25. The molecule has 0 saturated carbocycles. The second kappa shape index (κ2) is 6.16. The Morgan fingerprint density at radius 3 is 2.72 bits per heavy atom. The van der Waals surface area contributed by atoms with E-state index in [1.54, 1.807) is 18.3 Å². The molecule has 0 saturated heterocycles. The van der Waals surface area contributed by atoms with Crippen LogP contribution in [0.4, 0.5) is 0 Å². The Kier molecular flexibility index (Phi) is 5.11. The van der Waals surface area contributed by atoms with E-state index in [0.29, 0.717) is 12.1 Å². The van der Waals surface area contributed by atoms with Gasteiger partial charge in [0.05, 0.1) is 5.56 Å². The van der Waals surface area contributed by atoms with Gasteiger partial charge in [-0.05, 0) is 31.6 Å². The van der Waals surface area contributed by atoms with Crippen LogP contribution in [0.2, 0.25) is 5.15 Å². The van der Waals surface area contributed by atoms with E-state index in [1.165, 1.54) is 0 Å². The quantitative estimate of drug-likeness (QED) is 0.832. The molecule has 0 aliphatic carbocycles. The van der Waals surface area contributed by atoms with Crippen molar-refractivity contribution in [2.45, 2.75) is 13.8 Å². The maximum absolute atomic E-state index is 11.9. The van der Waals surface area contributed by atoms with Crippen LogP contribution in [0.15, 0.2) is 18.3 Å². The number of hydrogen-bond acceptors (Lipinski definition) is 3. The molecular weight excluding hydrogens is 250 g/mol. The molecule has 0 unspecified atom stereocenters. The highest BCUT2D eigenvalue weighted by molar-refractivity contribution is 6.32. The number of pyridine rings is 1. The average molecular weight is 270 g/mol. The van der Waals surface area contributed by atoms with Crippen LogP contribution in [0, 0.1) is 5.41 Å². The second-order valence-electron chi connectivity index (χ2n) is 5.43. The summed E-state index contributed by atoms with van der Waals surface area (Å²) in [5.74, 6) is -0.181. The molecular formula is C13H20ClN3O. The number of carbonyl (C=O) groups is 1. The summed E-state index contributed by atoms with van der Waals surface area (Å²) in [6.07, 6.45) is 1.56. The first-order valence-electron chi connectivity index (χ1n) is 5.85. The van der Waals surface area contributed by atoms with Crippen molar-refractivity contribution in [3.63, 3.8) is 0 Å². The molecule has 0 fully saturated rings. The van der Waals surface area contributed by atoms with Gasteiger partial charge >= 0.3 is 0 Å². The van der Waals surface area contributed by atoms with Gasteiger partial charge in [0.15, 0.2) is 0 Å². The van der Waals surface area contributed by atoms with Gasteiger partial charge in [-0.15, -0.1) is 0 Å². The Hall–Kier alpha value is -1.13. The van der Waals surface area contributed by atoms with Gasteiger partial charge in [0.25, 0.3) is 5.91 Å². The number of aromatic nitrogens is 1. The molecule has 18 heavy (non-hydrogen) atoms. The SMILES string of the molecule is CN(C)CC(C)(C)CNC(=O)c1cccnc1Cl. The molecule has 100 valence electrons. The van der Waals surface area contributed by atoms with Crippen LogP contribution in [0.25, 0.3) is 0 Å². The van der Waals surface area contributed by atoms with Crippen molar-refractivity contribution in [3.05, 3.63) is 29.0 Å². The highest BCUT2D eigenvalue weighted by atomic mass is 35.5. The Morgan fingerprint density at radius 2 is 2.17 bits per heavy atom. The Morgan fingerprint density at radius 1 is 1.50 bits per heavy atom.